The van der Waals surface area contributed by atoms with Crippen molar-refractivity contribution < 1.29 is 22.7 Å². The minimum atomic E-state index is -3.72. The first-order valence-electron chi connectivity index (χ1n) is 7.81. The third-order valence-electron chi connectivity index (χ3n) is 3.83. The number of nitrogens with one attached hydrogen (secondary N) is 1. The molecule has 1 N–H and O–H groups in total. The maximum Gasteiger partial charge on any atom is 0.238 e. The van der Waals surface area contributed by atoms with Crippen LogP contribution in [0.5, 0.6) is 5.75 Å². The number of sulfone groups is 1. The van der Waals surface area contributed by atoms with Gasteiger partial charge in [0, 0.05) is 13.2 Å². The molecule has 2 unspecified atom stereocenters. The van der Waals surface area contributed by atoms with E-state index < -0.39 is 21.0 Å². The van der Waals surface area contributed by atoms with E-state index >= 15 is 0 Å². The molecule has 0 radical (unpaired) electrons. The van der Waals surface area contributed by atoms with Crippen molar-refractivity contribution in [2.75, 3.05) is 19.8 Å². The van der Waals surface area contributed by atoms with Crippen molar-refractivity contribution in [1.29, 1.82) is 0 Å². The molecule has 0 bridgehead atoms. The van der Waals surface area contributed by atoms with Crippen LogP contribution in [0.15, 0.2) is 29.2 Å². The molecular formula is C16H23NO5S. The number of ether oxygens (including phenoxy) is 2. The fourth-order valence-electron chi connectivity index (χ4n) is 2.40. The number of amides is 1. The molecule has 6 nitrogen and oxygen atoms in total. The van der Waals surface area contributed by atoms with Crippen molar-refractivity contribution in [3.8, 4) is 5.75 Å². The van der Waals surface area contributed by atoms with E-state index in [1.165, 1.54) is 19.1 Å². The summed E-state index contributed by atoms with van der Waals surface area (Å²) in [4.78, 5) is 12.2. The quantitative estimate of drug-likeness (QED) is 0.813. The minimum Gasteiger partial charge on any atom is -0.494 e. The molecule has 2 atom stereocenters. The Bertz CT molecular complexity index is 620. The van der Waals surface area contributed by atoms with Gasteiger partial charge in [-0.25, -0.2) is 8.42 Å². The van der Waals surface area contributed by atoms with Crippen molar-refractivity contribution in [3.63, 3.8) is 0 Å². The summed E-state index contributed by atoms with van der Waals surface area (Å²) in [6, 6.07) is 6.11. The molecule has 23 heavy (non-hydrogen) atoms. The van der Waals surface area contributed by atoms with Gasteiger partial charge in [0.1, 0.15) is 11.0 Å². The number of rotatable bonds is 7. The zero-order chi connectivity index (χ0) is 16.9. The lowest BCUT2D eigenvalue weighted by molar-refractivity contribution is -0.120. The fraction of sp³-hybridized carbons (Fsp3) is 0.562. The number of hydrogen-bond donors (Lipinski definition) is 1. The van der Waals surface area contributed by atoms with Crippen LogP contribution >= 0.6 is 0 Å². The summed E-state index contributed by atoms with van der Waals surface area (Å²) in [5, 5.41) is 1.51. The summed E-state index contributed by atoms with van der Waals surface area (Å²) in [5.74, 6) is 0.0938. The maximum atomic E-state index is 12.5. The van der Waals surface area contributed by atoms with Crippen molar-refractivity contribution in [2.24, 2.45) is 0 Å². The number of carbonyl (C=O) groups excluding carboxylic acids is 1. The Balaban J connectivity index is 2.00. The van der Waals surface area contributed by atoms with Crippen LogP contribution in [0.4, 0.5) is 0 Å². The third-order valence-corrected chi connectivity index (χ3v) is 5.90. The van der Waals surface area contributed by atoms with Gasteiger partial charge >= 0.3 is 0 Å². The highest BCUT2D eigenvalue weighted by atomic mass is 32.2. The van der Waals surface area contributed by atoms with Crippen molar-refractivity contribution in [1.82, 2.24) is 5.32 Å². The summed E-state index contributed by atoms with van der Waals surface area (Å²) in [6.07, 6.45) is 1.85. The van der Waals surface area contributed by atoms with Gasteiger partial charge in [-0.05, 0) is 51.0 Å². The molecule has 2 rings (SSSR count). The van der Waals surface area contributed by atoms with Gasteiger partial charge in [-0.2, -0.15) is 0 Å². The Labute approximate surface area is 137 Å². The van der Waals surface area contributed by atoms with E-state index in [9.17, 15) is 13.2 Å². The summed E-state index contributed by atoms with van der Waals surface area (Å²) >= 11 is 0. The molecule has 128 valence electrons. The highest BCUT2D eigenvalue weighted by Crippen LogP contribution is 2.20. The summed E-state index contributed by atoms with van der Waals surface area (Å²) in [5.41, 5.74) is 0. The Hall–Kier alpha value is -1.60. The number of hydrogen-bond acceptors (Lipinski definition) is 5. The molecule has 0 aromatic heterocycles. The topological polar surface area (TPSA) is 81.7 Å². The van der Waals surface area contributed by atoms with Crippen LogP contribution in [-0.2, 0) is 19.4 Å². The average molecular weight is 341 g/mol. The van der Waals surface area contributed by atoms with Crippen LogP contribution in [-0.4, -0.2) is 45.4 Å². The molecule has 1 saturated heterocycles. The predicted molar refractivity (Wildman–Crippen MR) is 86.2 cm³/mol. The van der Waals surface area contributed by atoms with E-state index in [4.69, 9.17) is 9.47 Å². The lowest BCUT2D eigenvalue weighted by atomic mass is 10.2. The second-order valence-corrected chi connectivity index (χ2v) is 7.74. The Kier molecular flexibility index (Phi) is 6.01. The normalized spacial score (nSPS) is 19.3. The number of benzene rings is 1. The predicted octanol–water partition coefficient (Wildman–Crippen LogP) is 1.54. The van der Waals surface area contributed by atoms with Crippen LogP contribution in [0, 0.1) is 0 Å². The minimum absolute atomic E-state index is 0.0145. The molecule has 0 saturated carbocycles. The second kappa shape index (κ2) is 7.79. The first-order valence-corrected chi connectivity index (χ1v) is 9.36. The highest BCUT2D eigenvalue weighted by molar-refractivity contribution is 7.92. The molecule has 0 aliphatic carbocycles. The molecule has 1 aromatic rings. The van der Waals surface area contributed by atoms with Gasteiger partial charge in [0.05, 0.1) is 17.6 Å². The van der Waals surface area contributed by atoms with E-state index in [1.54, 1.807) is 12.1 Å². The zero-order valence-electron chi connectivity index (χ0n) is 13.4. The van der Waals surface area contributed by atoms with Crippen LogP contribution in [0.1, 0.15) is 26.7 Å². The van der Waals surface area contributed by atoms with Crippen LogP contribution in [0.3, 0.4) is 0 Å². The smallest absolute Gasteiger partial charge is 0.238 e. The fourth-order valence-corrected chi connectivity index (χ4v) is 3.69. The summed E-state index contributed by atoms with van der Waals surface area (Å²) in [6.45, 7) is 4.80. The van der Waals surface area contributed by atoms with Crippen molar-refractivity contribution in [2.45, 2.75) is 42.9 Å². The second-order valence-electron chi connectivity index (χ2n) is 5.47. The van der Waals surface area contributed by atoms with Crippen LogP contribution < -0.4 is 10.1 Å². The standard InChI is InChI=1S/C16H23NO5S/c1-3-21-13-6-8-15(9-7-13)23(19,20)12(2)16(18)17-11-14-5-4-10-22-14/h6-9,12,14H,3-5,10-11H2,1-2H3,(H,17,18). The van der Waals surface area contributed by atoms with E-state index in [0.29, 0.717) is 25.5 Å². The van der Waals surface area contributed by atoms with Gasteiger partial charge < -0.3 is 14.8 Å². The largest absolute Gasteiger partial charge is 0.494 e. The van der Waals surface area contributed by atoms with Gasteiger partial charge in [0.15, 0.2) is 9.84 Å². The highest BCUT2D eigenvalue weighted by Gasteiger charge is 2.30. The van der Waals surface area contributed by atoms with Crippen molar-refractivity contribution in [3.05, 3.63) is 24.3 Å². The average Bonchev–Trinajstić information content (AvgIpc) is 3.06. The maximum absolute atomic E-state index is 12.5. The summed E-state index contributed by atoms with van der Waals surface area (Å²) < 4.78 is 35.7. The number of carbonyl (C=O) groups is 1. The Morgan fingerprint density at radius 2 is 2.09 bits per heavy atom. The lowest BCUT2D eigenvalue weighted by Gasteiger charge is -2.16. The monoisotopic (exact) mass is 341 g/mol. The lowest BCUT2D eigenvalue weighted by Crippen LogP contribution is -2.41. The molecule has 1 aliphatic rings. The molecule has 1 heterocycles. The van der Waals surface area contributed by atoms with Gasteiger partial charge in [0.2, 0.25) is 5.91 Å². The molecule has 7 heteroatoms. The van der Waals surface area contributed by atoms with Gasteiger partial charge in [-0.1, -0.05) is 0 Å². The van der Waals surface area contributed by atoms with Gasteiger partial charge in [-0.15, -0.1) is 0 Å². The first kappa shape index (κ1) is 17.7. The van der Waals surface area contributed by atoms with Gasteiger partial charge in [0.25, 0.3) is 0 Å². The van der Waals surface area contributed by atoms with E-state index in [1.807, 2.05) is 6.92 Å². The van der Waals surface area contributed by atoms with Crippen LogP contribution in [0.2, 0.25) is 0 Å². The summed E-state index contributed by atoms with van der Waals surface area (Å²) in [7, 11) is -3.72. The van der Waals surface area contributed by atoms with E-state index in [-0.39, 0.29) is 11.0 Å². The van der Waals surface area contributed by atoms with E-state index in [0.717, 1.165) is 12.8 Å². The Morgan fingerprint density at radius 3 is 2.65 bits per heavy atom. The van der Waals surface area contributed by atoms with Gasteiger partial charge in [-0.3, -0.25) is 4.79 Å². The third kappa shape index (κ3) is 4.45. The first-order chi connectivity index (χ1) is 10.9. The molecule has 1 aromatic carbocycles. The van der Waals surface area contributed by atoms with Crippen molar-refractivity contribution >= 4 is 15.7 Å². The molecule has 1 aliphatic heterocycles. The molecular weight excluding hydrogens is 318 g/mol. The molecule has 0 spiro atoms. The zero-order valence-corrected chi connectivity index (χ0v) is 14.3. The SMILES string of the molecule is CCOc1ccc(S(=O)(=O)C(C)C(=O)NCC2CCCO2)cc1. The molecule has 1 amide bonds. The van der Waals surface area contributed by atoms with E-state index in [2.05, 4.69) is 5.32 Å². The molecule has 1 fully saturated rings. The Morgan fingerprint density at radius 1 is 1.39 bits per heavy atom. The van der Waals surface area contributed by atoms with Crippen LogP contribution in [0.25, 0.3) is 0 Å².